The van der Waals surface area contributed by atoms with Crippen LogP contribution in [0.1, 0.15) is 42.5 Å². The minimum atomic E-state index is -0.503. The number of carbonyl (C=O) groups excluding carboxylic acids is 2. The SMILES string of the molecule is NCCCCCCC(=O)Nc1ccc(Oc2cccc(C(N)=O)c2)cc1. The first kappa shape index (κ1) is 19.5. The Bertz CT molecular complexity index is 729. The van der Waals surface area contributed by atoms with Crippen molar-refractivity contribution in [3.05, 3.63) is 54.1 Å². The number of hydrogen-bond donors (Lipinski definition) is 3. The number of rotatable bonds is 10. The summed E-state index contributed by atoms with van der Waals surface area (Å²) >= 11 is 0. The molecule has 0 bridgehead atoms. The molecule has 0 unspecified atom stereocenters. The number of ether oxygens (including phenoxy) is 1. The number of carbonyl (C=O) groups is 2. The zero-order valence-electron chi connectivity index (χ0n) is 14.7. The van der Waals surface area contributed by atoms with Crippen molar-refractivity contribution >= 4 is 17.5 Å². The highest BCUT2D eigenvalue weighted by Crippen LogP contribution is 2.24. The smallest absolute Gasteiger partial charge is 0.248 e. The number of hydrogen-bond acceptors (Lipinski definition) is 4. The molecule has 0 aliphatic heterocycles. The van der Waals surface area contributed by atoms with Gasteiger partial charge in [0.1, 0.15) is 11.5 Å². The van der Waals surface area contributed by atoms with Crippen molar-refractivity contribution in [3.8, 4) is 11.5 Å². The Morgan fingerprint density at radius 3 is 2.35 bits per heavy atom. The molecule has 0 saturated carbocycles. The van der Waals surface area contributed by atoms with Crippen LogP contribution in [0.25, 0.3) is 0 Å². The minimum Gasteiger partial charge on any atom is -0.457 e. The molecule has 2 rings (SSSR count). The number of amides is 2. The summed E-state index contributed by atoms with van der Waals surface area (Å²) in [5.74, 6) is 0.624. The number of unbranched alkanes of at least 4 members (excludes halogenated alkanes) is 3. The van der Waals surface area contributed by atoms with Gasteiger partial charge in [-0.25, -0.2) is 0 Å². The molecule has 6 heteroatoms. The monoisotopic (exact) mass is 355 g/mol. The molecule has 0 aromatic heterocycles. The van der Waals surface area contributed by atoms with E-state index in [1.807, 2.05) is 0 Å². The first-order chi connectivity index (χ1) is 12.6. The van der Waals surface area contributed by atoms with Gasteiger partial charge in [-0.3, -0.25) is 9.59 Å². The van der Waals surface area contributed by atoms with E-state index in [-0.39, 0.29) is 5.91 Å². The van der Waals surface area contributed by atoms with Crippen LogP contribution in [0, 0.1) is 0 Å². The van der Waals surface area contributed by atoms with Gasteiger partial charge >= 0.3 is 0 Å². The lowest BCUT2D eigenvalue weighted by atomic mass is 10.1. The minimum absolute atomic E-state index is 0.000534. The molecule has 0 radical (unpaired) electrons. The van der Waals surface area contributed by atoms with Crippen LogP contribution in [0.2, 0.25) is 0 Å². The summed E-state index contributed by atoms with van der Waals surface area (Å²) in [4.78, 5) is 23.1. The van der Waals surface area contributed by atoms with Crippen molar-refractivity contribution in [2.45, 2.75) is 32.1 Å². The second-order valence-electron chi connectivity index (χ2n) is 6.02. The van der Waals surface area contributed by atoms with E-state index in [4.69, 9.17) is 16.2 Å². The predicted molar refractivity (Wildman–Crippen MR) is 102 cm³/mol. The molecule has 138 valence electrons. The molecule has 0 saturated heterocycles. The molecule has 0 heterocycles. The Morgan fingerprint density at radius 1 is 0.923 bits per heavy atom. The van der Waals surface area contributed by atoms with Crippen LogP contribution in [0.4, 0.5) is 5.69 Å². The largest absolute Gasteiger partial charge is 0.457 e. The number of primary amides is 1. The number of nitrogens with one attached hydrogen (secondary N) is 1. The van der Waals surface area contributed by atoms with Crippen molar-refractivity contribution in [1.29, 1.82) is 0 Å². The molecule has 0 atom stereocenters. The van der Waals surface area contributed by atoms with Crippen LogP contribution in [0.15, 0.2) is 48.5 Å². The van der Waals surface area contributed by atoms with Crippen LogP contribution >= 0.6 is 0 Å². The molecule has 0 fully saturated rings. The Hall–Kier alpha value is -2.86. The molecular formula is C20H25N3O3. The average Bonchev–Trinajstić information content (AvgIpc) is 2.63. The number of anilines is 1. The Labute approximate surface area is 153 Å². The van der Waals surface area contributed by atoms with Crippen LogP contribution in [-0.4, -0.2) is 18.4 Å². The predicted octanol–water partition coefficient (Wildman–Crippen LogP) is 3.43. The van der Waals surface area contributed by atoms with E-state index >= 15 is 0 Å². The van der Waals surface area contributed by atoms with Gasteiger partial charge in [-0.05, 0) is 61.9 Å². The highest BCUT2D eigenvalue weighted by atomic mass is 16.5. The lowest BCUT2D eigenvalue weighted by molar-refractivity contribution is -0.116. The summed E-state index contributed by atoms with van der Waals surface area (Å²) in [7, 11) is 0. The van der Waals surface area contributed by atoms with Gasteiger partial charge < -0.3 is 21.5 Å². The van der Waals surface area contributed by atoms with E-state index in [2.05, 4.69) is 5.32 Å². The topological polar surface area (TPSA) is 107 Å². The fourth-order valence-electron chi connectivity index (χ4n) is 2.46. The Kier molecular flexibility index (Phi) is 7.64. The van der Waals surface area contributed by atoms with Gasteiger partial charge in [0.2, 0.25) is 11.8 Å². The van der Waals surface area contributed by atoms with Crippen LogP contribution < -0.4 is 21.5 Å². The quantitative estimate of drug-likeness (QED) is 0.567. The van der Waals surface area contributed by atoms with Crippen LogP contribution in [0.3, 0.4) is 0 Å². The normalized spacial score (nSPS) is 10.3. The van der Waals surface area contributed by atoms with Gasteiger partial charge in [0.05, 0.1) is 0 Å². The highest BCUT2D eigenvalue weighted by Gasteiger charge is 2.05. The maximum absolute atomic E-state index is 11.9. The molecule has 2 aromatic carbocycles. The van der Waals surface area contributed by atoms with Gasteiger partial charge in [-0.15, -0.1) is 0 Å². The summed E-state index contributed by atoms with van der Waals surface area (Å²) in [5, 5.41) is 2.87. The zero-order chi connectivity index (χ0) is 18.8. The lowest BCUT2D eigenvalue weighted by Gasteiger charge is -2.09. The highest BCUT2D eigenvalue weighted by molar-refractivity contribution is 5.93. The molecule has 2 aromatic rings. The van der Waals surface area contributed by atoms with Gasteiger partial charge in [0, 0.05) is 17.7 Å². The summed E-state index contributed by atoms with van der Waals surface area (Å²) in [6.07, 6.45) is 4.45. The van der Waals surface area contributed by atoms with E-state index in [0.29, 0.717) is 30.0 Å². The molecule has 0 aliphatic carbocycles. The van der Waals surface area contributed by atoms with Gasteiger partial charge in [0.15, 0.2) is 0 Å². The van der Waals surface area contributed by atoms with Gasteiger partial charge in [-0.2, -0.15) is 0 Å². The van der Waals surface area contributed by atoms with Crippen molar-refractivity contribution in [3.63, 3.8) is 0 Å². The van der Waals surface area contributed by atoms with E-state index in [1.165, 1.54) is 0 Å². The molecular weight excluding hydrogens is 330 g/mol. The number of nitrogens with two attached hydrogens (primary N) is 2. The first-order valence-electron chi connectivity index (χ1n) is 8.76. The maximum Gasteiger partial charge on any atom is 0.248 e. The fraction of sp³-hybridized carbons (Fsp3) is 0.300. The summed E-state index contributed by atoms with van der Waals surface area (Å²) < 4.78 is 5.70. The molecule has 0 spiro atoms. The third-order valence-electron chi connectivity index (χ3n) is 3.85. The third-order valence-corrected chi connectivity index (χ3v) is 3.85. The van der Waals surface area contributed by atoms with Crippen molar-refractivity contribution in [1.82, 2.24) is 0 Å². The van der Waals surface area contributed by atoms with E-state index in [0.717, 1.165) is 31.4 Å². The van der Waals surface area contributed by atoms with Gasteiger partial charge in [0.25, 0.3) is 0 Å². The van der Waals surface area contributed by atoms with E-state index in [1.54, 1.807) is 48.5 Å². The average molecular weight is 355 g/mol. The zero-order valence-corrected chi connectivity index (χ0v) is 14.7. The Balaban J connectivity index is 1.83. The van der Waals surface area contributed by atoms with Crippen molar-refractivity contribution in [2.75, 3.05) is 11.9 Å². The number of benzene rings is 2. The van der Waals surface area contributed by atoms with Crippen LogP contribution in [0.5, 0.6) is 11.5 Å². The molecule has 2 amide bonds. The Morgan fingerprint density at radius 2 is 1.65 bits per heavy atom. The van der Waals surface area contributed by atoms with Crippen molar-refractivity contribution < 1.29 is 14.3 Å². The first-order valence-corrected chi connectivity index (χ1v) is 8.76. The van der Waals surface area contributed by atoms with Crippen LogP contribution in [-0.2, 0) is 4.79 Å². The molecule has 5 N–H and O–H groups in total. The second-order valence-corrected chi connectivity index (χ2v) is 6.02. The molecule has 6 nitrogen and oxygen atoms in total. The standard InChI is InChI=1S/C20H25N3O3/c21-13-4-2-1-3-8-19(24)23-16-9-11-17(12-10-16)26-18-7-5-6-15(14-18)20(22)25/h5-7,9-12,14H,1-4,8,13,21H2,(H2,22,25)(H,23,24). The van der Waals surface area contributed by atoms with Gasteiger partial charge in [-0.1, -0.05) is 18.9 Å². The summed E-state index contributed by atoms with van der Waals surface area (Å²) in [5.41, 5.74) is 11.8. The van der Waals surface area contributed by atoms with E-state index < -0.39 is 5.91 Å². The maximum atomic E-state index is 11.9. The van der Waals surface area contributed by atoms with Crippen molar-refractivity contribution in [2.24, 2.45) is 11.5 Å². The molecule has 26 heavy (non-hydrogen) atoms. The van der Waals surface area contributed by atoms with E-state index in [9.17, 15) is 9.59 Å². The second kappa shape index (κ2) is 10.2. The lowest BCUT2D eigenvalue weighted by Crippen LogP contribution is -2.11. The summed E-state index contributed by atoms with van der Waals surface area (Å²) in [6.45, 7) is 0.702. The fourth-order valence-corrected chi connectivity index (χ4v) is 2.46. The summed E-state index contributed by atoms with van der Waals surface area (Å²) in [6, 6.07) is 13.7. The third kappa shape index (κ3) is 6.57. The molecule has 0 aliphatic rings.